The van der Waals surface area contributed by atoms with Crippen LogP contribution in [0.1, 0.15) is 49.9 Å². The molecule has 1 aromatic carbocycles. The fraction of sp³-hybridized carbons (Fsp3) is 0.579. The molecule has 0 aliphatic carbocycles. The molecule has 2 N–H and O–H groups in total. The molecule has 150 valence electrons. The Morgan fingerprint density at radius 3 is 2.33 bits per heavy atom. The van der Waals surface area contributed by atoms with Crippen molar-refractivity contribution in [2.24, 2.45) is 11.8 Å². The van der Waals surface area contributed by atoms with Crippen molar-refractivity contribution < 1.29 is 23.1 Å². The quantitative estimate of drug-likeness (QED) is 0.702. The molecule has 0 unspecified atom stereocenters. The van der Waals surface area contributed by atoms with Crippen LogP contribution in [0.5, 0.6) is 0 Å². The molecule has 1 aliphatic rings. The molecule has 8 heteroatoms. The third-order valence-electron chi connectivity index (χ3n) is 5.28. The molecular weight excluding hydrogens is 368 g/mol. The molecular formula is C19H28N2O5S. The van der Waals surface area contributed by atoms with Gasteiger partial charge in [0, 0.05) is 25.6 Å². The predicted octanol–water partition coefficient (Wildman–Crippen LogP) is 2.34. The summed E-state index contributed by atoms with van der Waals surface area (Å²) in [6, 6.07) is 5.61. The summed E-state index contributed by atoms with van der Waals surface area (Å²) in [5, 5.41) is 12.2. The van der Waals surface area contributed by atoms with Gasteiger partial charge in [-0.2, -0.15) is 4.31 Å². The molecule has 0 aromatic heterocycles. The first-order valence-corrected chi connectivity index (χ1v) is 10.8. The van der Waals surface area contributed by atoms with E-state index in [-0.39, 0.29) is 35.4 Å². The first-order chi connectivity index (χ1) is 12.8. The Bertz CT molecular complexity index is 766. The highest BCUT2D eigenvalue weighted by atomic mass is 32.2. The van der Waals surface area contributed by atoms with Gasteiger partial charge in [0.05, 0.1) is 10.5 Å². The lowest BCUT2D eigenvalue weighted by atomic mass is 9.96. The number of piperidine rings is 1. The SMILES string of the molecule is CCC(CC)CNC(=O)C1CCN(S(=O)(=O)c2ccccc2C(=O)O)CC1. The van der Waals surface area contributed by atoms with E-state index in [0.717, 1.165) is 12.8 Å². The van der Waals surface area contributed by atoms with E-state index < -0.39 is 16.0 Å². The summed E-state index contributed by atoms with van der Waals surface area (Å²) >= 11 is 0. The first-order valence-electron chi connectivity index (χ1n) is 9.41. The molecule has 1 aliphatic heterocycles. The maximum absolute atomic E-state index is 12.8. The van der Waals surface area contributed by atoms with Gasteiger partial charge in [-0.15, -0.1) is 0 Å². The van der Waals surface area contributed by atoms with Crippen molar-refractivity contribution in [3.8, 4) is 0 Å². The van der Waals surface area contributed by atoms with Crippen LogP contribution in [0.3, 0.4) is 0 Å². The molecule has 0 saturated carbocycles. The monoisotopic (exact) mass is 396 g/mol. The summed E-state index contributed by atoms with van der Waals surface area (Å²) in [7, 11) is -3.90. The van der Waals surface area contributed by atoms with Crippen molar-refractivity contribution in [3.63, 3.8) is 0 Å². The second-order valence-electron chi connectivity index (χ2n) is 6.91. The smallest absolute Gasteiger partial charge is 0.337 e. The van der Waals surface area contributed by atoms with Crippen LogP contribution >= 0.6 is 0 Å². The Hall–Kier alpha value is -1.93. The Morgan fingerprint density at radius 1 is 1.19 bits per heavy atom. The number of rotatable bonds is 8. The lowest BCUT2D eigenvalue weighted by Gasteiger charge is -2.31. The molecule has 1 amide bonds. The second-order valence-corrected chi connectivity index (χ2v) is 8.81. The summed E-state index contributed by atoms with van der Waals surface area (Å²) in [5.41, 5.74) is -0.234. The van der Waals surface area contributed by atoms with E-state index in [1.165, 1.54) is 28.6 Å². The highest BCUT2D eigenvalue weighted by Crippen LogP contribution is 2.26. The molecule has 1 saturated heterocycles. The third kappa shape index (κ3) is 5.07. The van der Waals surface area contributed by atoms with Gasteiger partial charge < -0.3 is 10.4 Å². The van der Waals surface area contributed by atoms with Crippen LogP contribution in [-0.2, 0) is 14.8 Å². The van der Waals surface area contributed by atoms with Gasteiger partial charge in [0.15, 0.2) is 0 Å². The number of carboxylic acids is 1. The van der Waals surface area contributed by atoms with E-state index in [9.17, 15) is 23.1 Å². The first kappa shape index (κ1) is 21.4. The van der Waals surface area contributed by atoms with E-state index >= 15 is 0 Å². The van der Waals surface area contributed by atoms with Gasteiger partial charge in [0.25, 0.3) is 0 Å². The number of nitrogens with one attached hydrogen (secondary N) is 1. The van der Waals surface area contributed by atoms with Crippen LogP contribution in [0.15, 0.2) is 29.2 Å². The minimum absolute atomic E-state index is 0.0233. The van der Waals surface area contributed by atoms with Crippen LogP contribution in [0.25, 0.3) is 0 Å². The number of hydrogen-bond acceptors (Lipinski definition) is 4. The predicted molar refractivity (Wildman–Crippen MR) is 102 cm³/mol. The van der Waals surface area contributed by atoms with Gasteiger partial charge >= 0.3 is 5.97 Å². The van der Waals surface area contributed by atoms with Crippen molar-refractivity contribution in [2.75, 3.05) is 19.6 Å². The Labute approximate surface area is 160 Å². The molecule has 7 nitrogen and oxygen atoms in total. The average Bonchev–Trinajstić information content (AvgIpc) is 2.68. The number of hydrogen-bond donors (Lipinski definition) is 2. The molecule has 0 atom stereocenters. The molecule has 2 rings (SSSR count). The van der Waals surface area contributed by atoms with Gasteiger partial charge in [0.2, 0.25) is 15.9 Å². The van der Waals surface area contributed by atoms with Gasteiger partial charge in [-0.05, 0) is 30.9 Å². The molecule has 27 heavy (non-hydrogen) atoms. The lowest BCUT2D eigenvalue weighted by Crippen LogP contribution is -2.44. The van der Waals surface area contributed by atoms with Gasteiger partial charge in [-0.25, -0.2) is 13.2 Å². The summed E-state index contributed by atoms with van der Waals surface area (Å²) in [6.07, 6.45) is 2.89. The van der Waals surface area contributed by atoms with Crippen molar-refractivity contribution in [2.45, 2.75) is 44.4 Å². The van der Waals surface area contributed by atoms with Gasteiger partial charge in [0.1, 0.15) is 0 Å². The van der Waals surface area contributed by atoms with Crippen LogP contribution in [0.4, 0.5) is 0 Å². The largest absolute Gasteiger partial charge is 0.478 e. The van der Waals surface area contributed by atoms with E-state index in [1.54, 1.807) is 0 Å². The van der Waals surface area contributed by atoms with E-state index in [0.29, 0.717) is 25.3 Å². The Kier molecular flexibility index (Phi) is 7.38. The van der Waals surface area contributed by atoms with Crippen LogP contribution in [0, 0.1) is 11.8 Å². The molecule has 0 radical (unpaired) electrons. The second kappa shape index (κ2) is 9.32. The number of aromatic carboxylic acids is 1. The third-order valence-corrected chi connectivity index (χ3v) is 7.24. The van der Waals surface area contributed by atoms with Gasteiger partial charge in [-0.1, -0.05) is 38.8 Å². The zero-order chi connectivity index (χ0) is 20.0. The lowest BCUT2D eigenvalue weighted by molar-refractivity contribution is -0.126. The fourth-order valence-corrected chi connectivity index (χ4v) is 4.99. The topological polar surface area (TPSA) is 104 Å². The minimum Gasteiger partial charge on any atom is -0.478 e. The zero-order valence-electron chi connectivity index (χ0n) is 15.8. The van der Waals surface area contributed by atoms with E-state index in [2.05, 4.69) is 19.2 Å². The number of amides is 1. The van der Waals surface area contributed by atoms with Crippen molar-refractivity contribution >= 4 is 21.9 Å². The Balaban J connectivity index is 2.01. The number of carbonyl (C=O) groups excluding carboxylic acids is 1. The highest BCUT2D eigenvalue weighted by molar-refractivity contribution is 7.89. The summed E-state index contributed by atoms with van der Waals surface area (Å²) in [5.74, 6) is -1.04. The van der Waals surface area contributed by atoms with E-state index in [4.69, 9.17) is 0 Å². The average molecular weight is 397 g/mol. The molecule has 0 bridgehead atoms. The summed E-state index contributed by atoms with van der Waals surface area (Å²) in [4.78, 5) is 23.5. The maximum atomic E-state index is 12.8. The van der Waals surface area contributed by atoms with Crippen molar-refractivity contribution in [1.29, 1.82) is 0 Å². The number of carbonyl (C=O) groups is 2. The summed E-state index contributed by atoms with van der Waals surface area (Å²) in [6.45, 7) is 5.26. The highest BCUT2D eigenvalue weighted by Gasteiger charge is 2.34. The summed E-state index contributed by atoms with van der Waals surface area (Å²) < 4.78 is 27.0. The normalized spacial score (nSPS) is 16.4. The van der Waals surface area contributed by atoms with Crippen LogP contribution in [0.2, 0.25) is 0 Å². The molecule has 1 heterocycles. The van der Waals surface area contributed by atoms with Gasteiger partial charge in [-0.3, -0.25) is 4.79 Å². The van der Waals surface area contributed by atoms with Crippen molar-refractivity contribution in [1.82, 2.24) is 9.62 Å². The number of benzene rings is 1. The number of carboxylic acid groups (broad SMARTS) is 1. The van der Waals surface area contributed by atoms with Crippen LogP contribution in [-0.4, -0.2) is 49.3 Å². The number of nitrogens with zero attached hydrogens (tertiary/aromatic N) is 1. The zero-order valence-corrected chi connectivity index (χ0v) is 16.7. The molecule has 1 aromatic rings. The van der Waals surface area contributed by atoms with Crippen molar-refractivity contribution in [3.05, 3.63) is 29.8 Å². The number of sulfonamides is 1. The molecule has 1 fully saturated rings. The minimum atomic E-state index is -3.90. The molecule has 0 spiro atoms. The maximum Gasteiger partial charge on any atom is 0.337 e. The standard InChI is InChI=1S/C19H28N2O5S/c1-3-14(4-2)13-20-18(22)15-9-11-21(12-10-15)27(25,26)17-8-6-5-7-16(17)19(23)24/h5-8,14-15H,3-4,9-13H2,1-2H3,(H,20,22)(H,23,24). The van der Waals surface area contributed by atoms with Crippen LogP contribution < -0.4 is 5.32 Å². The Morgan fingerprint density at radius 2 is 1.78 bits per heavy atom. The fourth-order valence-electron chi connectivity index (χ4n) is 3.33. The van der Waals surface area contributed by atoms with E-state index in [1.807, 2.05) is 0 Å².